The Morgan fingerprint density at radius 1 is 0.321 bits per heavy atom. The Kier molecular flexibility index (Phi) is 6.72. The molecule has 8 aromatic rings. The molecule has 0 spiro atoms. The number of fused-ring (bicyclic) bond motifs is 8. The Morgan fingerprint density at radius 2 is 0.792 bits per heavy atom. The van der Waals surface area contributed by atoms with E-state index in [1.54, 1.807) is 0 Å². The number of benzene rings is 8. The fraction of sp³-hybridized carbons (Fsp3) is 0.170. The molecule has 10 rings (SSSR count). The quantitative estimate of drug-likeness (QED) is 0.163. The van der Waals surface area contributed by atoms with E-state index < -0.39 is 0 Å². The van der Waals surface area contributed by atoms with Crippen LogP contribution in [0.1, 0.15) is 66.6 Å². The maximum atomic E-state index is 2.48. The molecule has 0 aliphatic heterocycles. The minimum Gasteiger partial charge on any atom is -0.0619 e. The highest BCUT2D eigenvalue weighted by atomic mass is 14.4. The molecular formula is C53H44. The molecule has 0 unspecified atom stereocenters. The first-order valence-electron chi connectivity index (χ1n) is 19.1. The molecule has 0 saturated carbocycles. The van der Waals surface area contributed by atoms with Gasteiger partial charge in [0, 0.05) is 10.8 Å². The summed E-state index contributed by atoms with van der Waals surface area (Å²) in [5.41, 5.74) is 22.7. The zero-order valence-corrected chi connectivity index (χ0v) is 31.8. The zero-order valence-electron chi connectivity index (χ0n) is 31.8. The van der Waals surface area contributed by atoms with Gasteiger partial charge in [0.2, 0.25) is 0 Å². The van der Waals surface area contributed by atoms with Crippen LogP contribution in [0.5, 0.6) is 0 Å². The lowest BCUT2D eigenvalue weighted by Crippen LogP contribution is -2.14. The van der Waals surface area contributed by atoms with Gasteiger partial charge in [-0.25, -0.2) is 0 Å². The molecule has 0 saturated heterocycles. The van der Waals surface area contributed by atoms with E-state index >= 15 is 0 Å². The molecule has 8 aromatic carbocycles. The molecule has 0 atom stereocenters. The molecule has 0 bridgehead atoms. The van der Waals surface area contributed by atoms with Crippen LogP contribution in [-0.2, 0) is 10.8 Å². The van der Waals surface area contributed by atoms with Crippen LogP contribution in [0.3, 0.4) is 0 Å². The molecule has 0 heterocycles. The molecule has 0 nitrogen and oxygen atoms in total. The van der Waals surface area contributed by atoms with Crippen LogP contribution >= 0.6 is 0 Å². The summed E-state index contributed by atoms with van der Waals surface area (Å²) in [5, 5.41) is 5.17. The molecule has 53 heavy (non-hydrogen) atoms. The normalized spacial score (nSPS) is 14.6. The lowest BCUT2D eigenvalue weighted by atomic mass is 9.80. The van der Waals surface area contributed by atoms with Crippen molar-refractivity contribution in [3.8, 4) is 55.6 Å². The highest BCUT2D eigenvalue weighted by Crippen LogP contribution is 2.53. The zero-order chi connectivity index (χ0) is 36.4. The molecule has 0 aromatic heterocycles. The van der Waals surface area contributed by atoms with Crippen molar-refractivity contribution in [1.29, 1.82) is 0 Å². The van der Waals surface area contributed by atoms with Gasteiger partial charge in [0.15, 0.2) is 0 Å². The first-order chi connectivity index (χ1) is 25.5. The van der Waals surface area contributed by atoms with Crippen molar-refractivity contribution in [2.24, 2.45) is 0 Å². The second-order valence-corrected chi connectivity index (χ2v) is 16.7. The predicted molar refractivity (Wildman–Crippen MR) is 227 cm³/mol. The summed E-state index contributed by atoms with van der Waals surface area (Å²) >= 11 is 0. The molecule has 0 radical (unpaired) electrons. The van der Waals surface area contributed by atoms with Crippen LogP contribution in [0.4, 0.5) is 0 Å². The van der Waals surface area contributed by atoms with Gasteiger partial charge in [-0.15, -0.1) is 0 Å². The minimum atomic E-state index is -0.0526. The second-order valence-electron chi connectivity index (χ2n) is 16.7. The van der Waals surface area contributed by atoms with E-state index in [1.807, 2.05) is 0 Å². The molecule has 256 valence electrons. The average molecular weight is 681 g/mol. The highest BCUT2D eigenvalue weighted by Gasteiger charge is 2.36. The topological polar surface area (TPSA) is 0 Å². The monoisotopic (exact) mass is 680 g/mol. The van der Waals surface area contributed by atoms with Crippen LogP contribution in [0.15, 0.2) is 140 Å². The van der Waals surface area contributed by atoms with E-state index in [4.69, 9.17) is 0 Å². The van der Waals surface area contributed by atoms with E-state index in [2.05, 4.69) is 188 Å². The van der Waals surface area contributed by atoms with E-state index in [9.17, 15) is 0 Å². The van der Waals surface area contributed by atoms with Gasteiger partial charge in [-0.1, -0.05) is 149 Å². The summed E-state index contributed by atoms with van der Waals surface area (Å²) in [5.74, 6) is 0. The first kappa shape index (κ1) is 32.0. The maximum absolute atomic E-state index is 2.48. The third kappa shape index (κ3) is 4.48. The van der Waals surface area contributed by atoms with Gasteiger partial charge >= 0.3 is 0 Å². The Hall–Kier alpha value is -5.72. The highest BCUT2D eigenvalue weighted by molar-refractivity contribution is 6.22. The van der Waals surface area contributed by atoms with Gasteiger partial charge in [0.25, 0.3) is 0 Å². The summed E-state index contributed by atoms with van der Waals surface area (Å²) in [4.78, 5) is 0. The van der Waals surface area contributed by atoms with E-state index in [0.29, 0.717) is 0 Å². The molecule has 2 aliphatic rings. The fourth-order valence-electron chi connectivity index (χ4n) is 9.92. The first-order valence-corrected chi connectivity index (χ1v) is 19.1. The predicted octanol–water partition coefficient (Wildman–Crippen LogP) is 14.5. The van der Waals surface area contributed by atoms with Gasteiger partial charge in [0.1, 0.15) is 0 Å². The standard InChI is InChI=1S/C53H44/c1-31-26-37(27-32(2)33(31)3)51-42-17-9-8-16-41(42)50(36-22-25-48-44(29-36)39-15-11-13-19-47(39)52(48,4)5)45-28-34(21-24-43(45)51)35-20-23-40-38-14-10-12-18-46(38)53(6,7)49(40)30-35/h8-30H,1-7H3. The Labute approximate surface area is 313 Å². The van der Waals surface area contributed by atoms with Crippen LogP contribution in [0.25, 0.3) is 77.2 Å². The Morgan fingerprint density at radius 3 is 1.47 bits per heavy atom. The number of rotatable bonds is 3. The summed E-state index contributed by atoms with van der Waals surface area (Å²) in [6.45, 7) is 16.2. The molecule has 2 aliphatic carbocycles. The lowest BCUT2D eigenvalue weighted by molar-refractivity contribution is 0.660. The Balaban J connectivity index is 1.27. The number of hydrogen-bond donors (Lipinski definition) is 0. The second kappa shape index (κ2) is 11.1. The largest absolute Gasteiger partial charge is 0.0619 e. The number of aryl methyl sites for hydroxylation is 2. The van der Waals surface area contributed by atoms with Gasteiger partial charge in [0.05, 0.1) is 0 Å². The third-order valence-electron chi connectivity index (χ3n) is 13.0. The third-order valence-corrected chi connectivity index (χ3v) is 13.0. The molecular weight excluding hydrogens is 637 g/mol. The molecule has 0 fully saturated rings. The SMILES string of the molecule is Cc1cc(-c2c3ccccc3c(-c3ccc4c(c3)-c3ccccc3C4(C)C)c3cc(-c4ccc5c(c4)C(C)(C)c4ccccc4-5)ccc23)cc(C)c1C. The molecule has 0 N–H and O–H groups in total. The summed E-state index contributed by atoms with van der Waals surface area (Å²) in [7, 11) is 0. The minimum absolute atomic E-state index is 0.0339. The van der Waals surface area contributed by atoms with Crippen LogP contribution in [0.2, 0.25) is 0 Å². The van der Waals surface area contributed by atoms with Crippen molar-refractivity contribution in [1.82, 2.24) is 0 Å². The van der Waals surface area contributed by atoms with Crippen molar-refractivity contribution in [2.45, 2.75) is 59.3 Å². The average Bonchev–Trinajstić information content (AvgIpc) is 3.54. The van der Waals surface area contributed by atoms with Crippen LogP contribution in [0, 0.1) is 20.8 Å². The van der Waals surface area contributed by atoms with Crippen molar-refractivity contribution < 1.29 is 0 Å². The Bertz CT molecular complexity index is 2830. The van der Waals surface area contributed by atoms with Crippen LogP contribution in [-0.4, -0.2) is 0 Å². The van der Waals surface area contributed by atoms with E-state index in [-0.39, 0.29) is 10.8 Å². The van der Waals surface area contributed by atoms with Gasteiger partial charge in [-0.05, 0) is 155 Å². The van der Waals surface area contributed by atoms with Gasteiger partial charge in [-0.3, -0.25) is 0 Å². The summed E-state index contributed by atoms with van der Waals surface area (Å²) < 4.78 is 0. The lowest BCUT2D eigenvalue weighted by Gasteiger charge is -2.23. The summed E-state index contributed by atoms with van der Waals surface area (Å²) in [6, 6.07) is 53.4. The number of hydrogen-bond acceptors (Lipinski definition) is 0. The van der Waals surface area contributed by atoms with Crippen molar-refractivity contribution in [3.63, 3.8) is 0 Å². The fourth-order valence-corrected chi connectivity index (χ4v) is 9.92. The molecule has 0 heteroatoms. The van der Waals surface area contributed by atoms with Crippen LogP contribution < -0.4 is 0 Å². The summed E-state index contributed by atoms with van der Waals surface area (Å²) in [6.07, 6.45) is 0. The van der Waals surface area contributed by atoms with Crippen molar-refractivity contribution in [2.75, 3.05) is 0 Å². The maximum Gasteiger partial charge on any atom is 0.0159 e. The molecule has 0 amide bonds. The van der Waals surface area contributed by atoms with Crippen molar-refractivity contribution >= 4 is 21.5 Å². The van der Waals surface area contributed by atoms with E-state index in [0.717, 1.165) is 0 Å². The van der Waals surface area contributed by atoms with E-state index in [1.165, 1.54) is 116 Å². The van der Waals surface area contributed by atoms with Gasteiger partial charge < -0.3 is 0 Å². The smallest absolute Gasteiger partial charge is 0.0159 e. The van der Waals surface area contributed by atoms with Gasteiger partial charge in [-0.2, -0.15) is 0 Å². The van der Waals surface area contributed by atoms with Crippen molar-refractivity contribution in [3.05, 3.63) is 178 Å².